The lowest BCUT2D eigenvalue weighted by Crippen LogP contribution is -2.40. The van der Waals surface area contributed by atoms with Gasteiger partial charge >= 0.3 is 0 Å². The highest BCUT2D eigenvalue weighted by atomic mass is 32.2. The minimum Gasteiger partial charge on any atom is -0.493 e. The number of hydrogen-bond donors (Lipinski definition) is 0. The zero-order chi connectivity index (χ0) is 19.4. The number of methoxy groups -OCH3 is 2. The van der Waals surface area contributed by atoms with Crippen molar-refractivity contribution in [1.29, 1.82) is 0 Å². The first-order chi connectivity index (χ1) is 12.9. The van der Waals surface area contributed by atoms with Crippen LogP contribution in [-0.2, 0) is 27.8 Å². The lowest BCUT2D eigenvalue weighted by atomic mass is 9.98. The first kappa shape index (κ1) is 19.9. The minimum absolute atomic E-state index is 0.0292. The van der Waals surface area contributed by atoms with Crippen LogP contribution >= 0.6 is 0 Å². The van der Waals surface area contributed by atoms with Gasteiger partial charge in [0.05, 0.1) is 20.0 Å². The summed E-state index contributed by atoms with van der Waals surface area (Å²) in [6.45, 7) is 2.22. The van der Waals surface area contributed by atoms with Crippen LogP contribution in [0.1, 0.15) is 36.8 Å². The van der Waals surface area contributed by atoms with Crippen LogP contribution < -0.4 is 9.47 Å². The standard InChI is InChI=1S/C19H28N2O5S/c1-25-17-12-15-6-10-20(14-16(15)13-18(17)26-2)19(22)7-11-27(23,24)21-8-4-3-5-9-21/h12-13H,3-11,14H2,1-2H3. The molecule has 0 radical (unpaired) electrons. The summed E-state index contributed by atoms with van der Waals surface area (Å²) in [5.74, 6) is 1.10. The molecule has 27 heavy (non-hydrogen) atoms. The molecule has 1 amide bonds. The van der Waals surface area contributed by atoms with Gasteiger partial charge in [-0.15, -0.1) is 0 Å². The lowest BCUT2D eigenvalue weighted by Gasteiger charge is -2.30. The first-order valence-corrected chi connectivity index (χ1v) is 11.0. The van der Waals surface area contributed by atoms with Crippen molar-refractivity contribution in [1.82, 2.24) is 9.21 Å². The third-order valence-electron chi connectivity index (χ3n) is 5.35. The molecule has 7 nitrogen and oxygen atoms in total. The van der Waals surface area contributed by atoms with Crippen molar-refractivity contribution in [2.24, 2.45) is 0 Å². The molecular formula is C19H28N2O5S. The molecule has 0 N–H and O–H groups in total. The molecule has 0 saturated carbocycles. The highest BCUT2D eigenvalue weighted by Crippen LogP contribution is 2.33. The van der Waals surface area contributed by atoms with E-state index in [1.165, 1.54) is 4.31 Å². The number of ether oxygens (including phenoxy) is 2. The minimum atomic E-state index is -3.35. The third-order valence-corrected chi connectivity index (χ3v) is 7.23. The predicted molar refractivity (Wildman–Crippen MR) is 102 cm³/mol. The van der Waals surface area contributed by atoms with Gasteiger partial charge in [0.25, 0.3) is 0 Å². The van der Waals surface area contributed by atoms with Gasteiger partial charge < -0.3 is 14.4 Å². The number of rotatable bonds is 6. The van der Waals surface area contributed by atoms with Crippen molar-refractivity contribution in [3.63, 3.8) is 0 Å². The van der Waals surface area contributed by atoms with Crippen LogP contribution in [0.5, 0.6) is 11.5 Å². The second kappa shape index (κ2) is 8.48. The van der Waals surface area contributed by atoms with Crippen molar-refractivity contribution in [3.8, 4) is 11.5 Å². The number of piperidine rings is 1. The molecule has 1 fully saturated rings. The van der Waals surface area contributed by atoms with Crippen LogP contribution in [0, 0.1) is 0 Å². The van der Waals surface area contributed by atoms with Crippen LogP contribution in [0.25, 0.3) is 0 Å². The van der Waals surface area contributed by atoms with Crippen molar-refractivity contribution in [2.45, 2.75) is 38.6 Å². The normalized spacial score (nSPS) is 18.1. The van der Waals surface area contributed by atoms with E-state index in [0.29, 0.717) is 37.7 Å². The fourth-order valence-corrected chi connectivity index (χ4v) is 5.25. The van der Waals surface area contributed by atoms with E-state index in [9.17, 15) is 13.2 Å². The SMILES string of the molecule is COc1cc2c(cc1OC)CN(C(=O)CCS(=O)(=O)N1CCCCC1)CC2. The molecule has 2 aliphatic heterocycles. The van der Waals surface area contributed by atoms with Crippen LogP contribution in [-0.4, -0.2) is 63.1 Å². The maximum Gasteiger partial charge on any atom is 0.223 e. The molecule has 1 saturated heterocycles. The Morgan fingerprint density at radius 1 is 1.00 bits per heavy atom. The fraction of sp³-hybridized carbons (Fsp3) is 0.632. The Bertz CT molecular complexity index is 788. The number of nitrogens with zero attached hydrogens (tertiary/aromatic N) is 2. The van der Waals surface area contributed by atoms with E-state index >= 15 is 0 Å². The zero-order valence-corrected chi connectivity index (χ0v) is 16.9. The molecule has 3 rings (SSSR count). The second-order valence-electron chi connectivity index (χ2n) is 7.07. The Balaban J connectivity index is 1.62. The molecule has 0 aromatic heterocycles. The number of carbonyl (C=O) groups is 1. The molecule has 1 aromatic carbocycles. The molecule has 0 bridgehead atoms. The number of hydrogen-bond acceptors (Lipinski definition) is 5. The number of benzene rings is 1. The van der Waals surface area contributed by atoms with Gasteiger partial charge in [-0.2, -0.15) is 0 Å². The summed E-state index contributed by atoms with van der Waals surface area (Å²) in [7, 11) is -0.160. The third kappa shape index (κ3) is 4.55. The summed E-state index contributed by atoms with van der Waals surface area (Å²) in [6, 6.07) is 3.86. The number of carbonyl (C=O) groups excluding carboxylic acids is 1. The van der Waals surface area contributed by atoms with Crippen molar-refractivity contribution < 1.29 is 22.7 Å². The van der Waals surface area contributed by atoms with Crippen molar-refractivity contribution >= 4 is 15.9 Å². The van der Waals surface area contributed by atoms with Gasteiger partial charge in [0.15, 0.2) is 11.5 Å². The number of amides is 1. The summed E-state index contributed by atoms with van der Waals surface area (Å²) < 4.78 is 37.1. The Morgan fingerprint density at radius 3 is 2.26 bits per heavy atom. The van der Waals surface area contributed by atoms with Gasteiger partial charge in [-0.05, 0) is 42.5 Å². The van der Waals surface area contributed by atoms with E-state index in [0.717, 1.165) is 36.8 Å². The lowest BCUT2D eigenvalue weighted by molar-refractivity contribution is -0.131. The van der Waals surface area contributed by atoms with Crippen LogP contribution in [0.15, 0.2) is 12.1 Å². The summed E-state index contributed by atoms with van der Waals surface area (Å²) >= 11 is 0. The van der Waals surface area contributed by atoms with Crippen molar-refractivity contribution in [2.75, 3.05) is 39.6 Å². The summed E-state index contributed by atoms with van der Waals surface area (Å²) in [4.78, 5) is 14.3. The Morgan fingerprint density at radius 2 is 1.63 bits per heavy atom. The number of sulfonamides is 1. The van der Waals surface area contributed by atoms with Crippen LogP contribution in [0.4, 0.5) is 0 Å². The molecule has 0 atom stereocenters. The molecule has 0 aliphatic carbocycles. The highest BCUT2D eigenvalue weighted by Gasteiger charge is 2.27. The maximum absolute atomic E-state index is 12.6. The number of fused-ring (bicyclic) bond motifs is 1. The summed E-state index contributed by atoms with van der Waals surface area (Å²) in [6.07, 6.45) is 3.64. The van der Waals surface area contributed by atoms with Gasteiger partial charge in [-0.3, -0.25) is 4.79 Å². The van der Waals surface area contributed by atoms with E-state index < -0.39 is 10.0 Å². The molecule has 2 heterocycles. The van der Waals surface area contributed by atoms with E-state index in [4.69, 9.17) is 9.47 Å². The van der Waals surface area contributed by atoms with E-state index in [2.05, 4.69) is 0 Å². The Hall–Kier alpha value is -1.80. The zero-order valence-electron chi connectivity index (χ0n) is 16.1. The van der Waals surface area contributed by atoms with Gasteiger partial charge in [-0.1, -0.05) is 6.42 Å². The van der Waals surface area contributed by atoms with Crippen molar-refractivity contribution in [3.05, 3.63) is 23.3 Å². The van der Waals surface area contributed by atoms with E-state index in [1.54, 1.807) is 19.1 Å². The maximum atomic E-state index is 12.6. The van der Waals surface area contributed by atoms with E-state index in [-0.39, 0.29) is 18.1 Å². The van der Waals surface area contributed by atoms with E-state index in [1.807, 2.05) is 12.1 Å². The molecule has 0 spiro atoms. The summed E-state index contributed by atoms with van der Waals surface area (Å²) in [5, 5.41) is 0. The summed E-state index contributed by atoms with van der Waals surface area (Å²) in [5.41, 5.74) is 2.16. The molecule has 2 aliphatic rings. The smallest absolute Gasteiger partial charge is 0.223 e. The second-order valence-corrected chi connectivity index (χ2v) is 9.16. The predicted octanol–water partition coefficient (Wildman–Crippen LogP) is 1.79. The average Bonchev–Trinajstić information content (AvgIpc) is 2.71. The molecule has 1 aromatic rings. The fourth-order valence-electron chi connectivity index (χ4n) is 3.74. The van der Waals surface area contributed by atoms with Gasteiger partial charge in [-0.25, -0.2) is 12.7 Å². The van der Waals surface area contributed by atoms with Gasteiger partial charge in [0, 0.05) is 32.6 Å². The van der Waals surface area contributed by atoms with Crippen LogP contribution in [0.2, 0.25) is 0 Å². The topological polar surface area (TPSA) is 76.1 Å². The first-order valence-electron chi connectivity index (χ1n) is 9.44. The van der Waals surface area contributed by atoms with Crippen LogP contribution in [0.3, 0.4) is 0 Å². The largest absolute Gasteiger partial charge is 0.493 e. The highest BCUT2D eigenvalue weighted by molar-refractivity contribution is 7.89. The molecule has 0 unspecified atom stereocenters. The van der Waals surface area contributed by atoms with Gasteiger partial charge in [0.1, 0.15) is 0 Å². The average molecular weight is 397 g/mol. The Kier molecular flexibility index (Phi) is 6.26. The van der Waals surface area contributed by atoms with Gasteiger partial charge in [0.2, 0.25) is 15.9 Å². The Labute approximate surface area is 161 Å². The molecule has 8 heteroatoms. The molecule has 150 valence electrons. The monoisotopic (exact) mass is 396 g/mol. The molecular weight excluding hydrogens is 368 g/mol. The quantitative estimate of drug-likeness (QED) is 0.733.